The first-order valence-electron chi connectivity index (χ1n) is 6.28. The SMILES string of the molecule is CC.CC(C)c1cc(N)cc2c(F)cc(F)c(F)c12. The van der Waals surface area contributed by atoms with Crippen LogP contribution in [0.5, 0.6) is 0 Å². The Morgan fingerprint density at radius 1 is 0.947 bits per heavy atom. The predicted molar refractivity (Wildman–Crippen MR) is 73.7 cm³/mol. The van der Waals surface area contributed by atoms with E-state index in [9.17, 15) is 13.2 Å². The Morgan fingerprint density at radius 3 is 2.05 bits per heavy atom. The number of hydrogen-bond donors (Lipinski definition) is 1. The molecule has 2 N–H and O–H groups in total. The van der Waals surface area contributed by atoms with E-state index in [2.05, 4.69) is 0 Å². The van der Waals surface area contributed by atoms with Gasteiger partial charge in [-0.1, -0.05) is 27.7 Å². The zero-order chi connectivity index (χ0) is 14.7. The smallest absolute Gasteiger partial charge is 0.167 e. The Kier molecular flexibility index (Phi) is 4.81. The van der Waals surface area contributed by atoms with Crippen molar-refractivity contribution in [2.24, 2.45) is 0 Å². The summed E-state index contributed by atoms with van der Waals surface area (Å²) in [5.41, 5.74) is 6.49. The highest BCUT2D eigenvalue weighted by atomic mass is 19.2. The number of rotatable bonds is 1. The number of halogens is 3. The average Bonchev–Trinajstić information content (AvgIpc) is 2.37. The predicted octanol–water partition coefficient (Wildman–Crippen LogP) is 4.99. The van der Waals surface area contributed by atoms with Gasteiger partial charge in [0.05, 0.1) is 0 Å². The molecule has 0 bridgehead atoms. The summed E-state index contributed by atoms with van der Waals surface area (Å²) >= 11 is 0. The molecular weight excluding hydrogens is 251 g/mol. The largest absolute Gasteiger partial charge is 0.399 e. The summed E-state index contributed by atoms with van der Waals surface area (Å²) in [6.07, 6.45) is 0. The fourth-order valence-electron chi connectivity index (χ4n) is 1.95. The number of nitrogen functional groups attached to an aromatic ring is 1. The molecule has 4 heteroatoms. The van der Waals surface area contributed by atoms with E-state index in [1.165, 1.54) is 6.07 Å². The third-order valence-electron chi connectivity index (χ3n) is 2.75. The monoisotopic (exact) mass is 269 g/mol. The molecule has 0 heterocycles. The summed E-state index contributed by atoms with van der Waals surface area (Å²) in [7, 11) is 0. The van der Waals surface area contributed by atoms with Gasteiger partial charge in [-0.3, -0.25) is 0 Å². The maximum atomic E-state index is 13.7. The molecule has 2 aromatic rings. The summed E-state index contributed by atoms with van der Waals surface area (Å²) in [5, 5.41) is -0.000648. The van der Waals surface area contributed by atoms with Crippen molar-refractivity contribution in [1.29, 1.82) is 0 Å². The number of nitrogens with two attached hydrogens (primary N) is 1. The lowest BCUT2D eigenvalue weighted by molar-refractivity contribution is 0.505. The Balaban J connectivity index is 0.000000861. The second-order valence-corrected chi connectivity index (χ2v) is 4.34. The maximum absolute atomic E-state index is 13.7. The first-order valence-corrected chi connectivity index (χ1v) is 6.28. The van der Waals surface area contributed by atoms with Crippen LogP contribution >= 0.6 is 0 Å². The van der Waals surface area contributed by atoms with Gasteiger partial charge >= 0.3 is 0 Å². The van der Waals surface area contributed by atoms with Gasteiger partial charge in [-0.2, -0.15) is 0 Å². The number of anilines is 1. The van der Waals surface area contributed by atoms with Gasteiger partial charge in [0.1, 0.15) is 5.82 Å². The van der Waals surface area contributed by atoms with E-state index in [1.54, 1.807) is 6.07 Å². The highest BCUT2D eigenvalue weighted by molar-refractivity contribution is 5.90. The van der Waals surface area contributed by atoms with Gasteiger partial charge in [-0.15, -0.1) is 0 Å². The molecule has 1 nitrogen and oxygen atoms in total. The third kappa shape index (κ3) is 2.83. The third-order valence-corrected chi connectivity index (χ3v) is 2.75. The summed E-state index contributed by atoms with van der Waals surface area (Å²) < 4.78 is 40.5. The van der Waals surface area contributed by atoms with Crippen LogP contribution in [0.1, 0.15) is 39.2 Å². The zero-order valence-corrected chi connectivity index (χ0v) is 11.5. The van der Waals surface area contributed by atoms with Crippen molar-refractivity contribution in [2.45, 2.75) is 33.6 Å². The van der Waals surface area contributed by atoms with Crippen LogP contribution in [-0.4, -0.2) is 0 Å². The van der Waals surface area contributed by atoms with Crippen molar-refractivity contribution in [2.75, 3.05) is 5.73 Å². The lowest BCUT2D eigenvalue weighted by atomic mass is 9.94. The summed E-state index contributed by atoms with van der Waals surface area (Å²) in [4.78, 5) is 0. The standard InChI is InChI=1S/C13H12F3N.C2H6/c1-6(2)8-3-7(17)4-9-10(14)5-11(15)13(16)12(8)9;1-2/h3-6H,17H2,1-2H3;1-2H3. The van der Waals surface area contributed by atoms with E-state index in [0.29, 0.717) is 17.3 Å². The van der Waals surface area contributed by atoms with Crippen molar-refractivity contribution in [3.8, 4) is 0 Å². The van der Waals surface area contributed by atoms with E-state index in [1.807, 2.05) is 27.7 Å². The van der Waals surface area contributed by atoms with Crippen molar-refractivity contribution < 1.29 is 13.2 Å². The molecule has 0 aliphatic carbocycles. The van der Waals surface area contributed by atoms with Crippen LogP contribution in [0, 0.1) is 17.5 Å². The van der Waals surface area contributed by atoms with E-state index >= 15 is 0 Å². The second-order valence-electron chi connectivity index (χ2n) is 4.34. The topological polar surface area (TPSA) is 26.0 Å². The Bertz CT molecular complexity index is 592. The minimum Gasteiger partial charge on any atom is -0.399 e. The molecule has 104 valence electrons. The lowest BCUT2D eigenvalue weighted by Crippen LogP contribution is -1.99. The highest BCUT2D eigenvalue weighted by Crippen LogP contribution is 2.32. The first kappa shape index (κ1) is 15.3. The lowest BCUT2D eigenvalue weighted by Gasteiger charge is -2.13. The Morgan fingerprint density at radius 2 is 1.53 bits per heavy atom. The van der Waals surface area contributed by atoms with E-state index in [-0.39, 0.29) is 16.7 Å². The first-order chi connectivity index (χ1) is 8.91. The van der Waals surface area contributed by atoms with Crippen LogP contribution in [0.4, 0.5) is 18.9 Å². The van der Waals surface area contributed by atoms with Crippen molar-refractivity contribution in [1.82, 2.24) is 0 Å². The Labute approximate surface area is 111 Å². The van der Waals surface area contributed by atoms with Crippen LogP contribution in [-0.2, 0) is 0 Å². The van der Waals surface area contributed by atoms with Crippen LogP contribution in [0.2, 0.25) is 0 Å². The van der Waals surface area contributed by atoms with Crippen LogP contribution < -0.4 is 5.73 Å². The summed E-state index contributed by atoms with van der Waals surface area (Å²) in [6.45, 7) is 7.63. The molecule has 0 aliphatic heterocycles. The van der Waals surface area contributed by atoms with Gasteiger partial charge in [0, 0.05) is 22.5 Å². The van der Waals surface area contributed by atoms with E-state index < -0.39 is 17.5 Å². The molecule has 0 atom stereocenters. The minimum atomic E-state index is -1.18. The van der Waals surface area contributed by atoms with Gasteiger partial charge < -0.3 is 5.73 Å². The molecule has 0 spiro atoms. The second kappa shape index (κ2) is 5.95. The molecule has 0 fully saturated rings. The molecule has 0 radical (unpaired) electrons. The van der Waals surface area contributed by atoms with Crippen LogP contribution in [0.15, 0.2) is 18.2 Å². The molecule has 2 rings (SSSR count). The normalized spacial score (nSPS) is 10.5. The summed E-state index contributed by atoms with van der Waals surface area (Å²) in [6, 6.07) is 3.41. The van der Waals surface area contributed by atoms with Crippen molar-refractivity contribution in [3.05, 3.63) is 41.2 Å². The molecular formula is C15H18F3N. The fourth-order valence-corrected chi connectivity index (χ4v) is 1.95. The van der Waals surface area contributed by atoms with Crippen molar-refractivity contribution >= 4 is 16.5 Å². The maximum Gasteiger partial charge on any atom is 0.167 e. The molecule has 0 aromatic heterocycles. The number of benzene rings is 2. The number of fused-ring (bicyclic) bond motifs is 1. The molecule has 0 amide bonds. The van der Waals surface area contributed by atoms with Crippen molar-refractivity contribution in [3.63, 3.8) is 0 Å². The van der Waals surface area contributed by atoms with E-state index in [4.69, 9.17) is 5.73 Å². The highest BCUT2D eigenvalue weighted by Gasteiger charge is 2.17. The van der Waals surface area contributed by atoms with E-state index in [0.717, 1.165) is 0 Å². The van der Waals surface area contributed by atoms with Gasteiger partial charge in [-0.25, -0.2) is 13.2 Å². The molecule has 19 heavy (non-hydrogen) atoms. The van der Waals surface area contributed by atoms with Gasteiger partial charge in [0.25, 0.3) is 0 Å². The fraction of sp³-hybridized carbons (Fsp3) is 0.333. The van der Waals surface area contributed by atoms with Crippen LogP contribution in [0.25, 0.3) is 10.8 Å². The van der Waals surface area contributed by atoms with Gasteiger partial charge in [-0.05, 0) is 23.6 Å². The molecule has 0 aliphatic rings. The number of hydrogen-bond acceptors (Lipinski definition) is 1. The quantitative estimate of drug-likeness (QED) is 0.573. The molecule has 0 saturated carbocycles. The molecule has 0 saturated heterocycles. The van der Waals surface area contributed by atoms with Gasteiger partial charge in [0.2, 0.25) is 0 Å². The minimum absolute atomic E-state index is 0.0209. The Hall–Kier alpha value is -1.71. The average molecular weight is 269 g/mol. The molecule has 2 aromatic carbocycles. The molecule has 0 unspecified atom stereocenters. The van der Waals surface area contributed by atoms with Crippen LogP contribution in [0.3, 0.4) is 0 Å². The summed E-state index contributed by atoms with van der Waals surface area (Å²) in [5.74, 6) is -3.07. The zero-order valence-electron chi connectivity index (χ0n) is 11.5. The van der Waals surface area contributed by atoms with Gasteiger partial charge in [0.15, 0.2) is 11.6 Å².